The highest BCUT2D eigenvalue weighted by Crippen LogP contribution is 2.40. The van der Waals surface area contributed by atoms with Gasteiger partial charge in [0.15, 0.2) is 8.46 Å². The van der Waals surface area contributed by atoms with E-state index in [1.54, 1.807) is 6.92 Å². The molecule has 13 heavy (non-hydrogen) atoms. The van der Waals surface area contributed by atoms with Crippen LogP contribution in [0.2, 0.25) is 0 Å². The van der Waals surface area contributed by atoms with Gasteiger partial charge in [0.1, 0.15) is 0 Å². The molecule has 1 aliphatic rings. The molecule has 1 aliphatic carbocycles. The lowest BCUT2D eigenvalue weighted by Crippen LogP contribution is -2.41. The van der Waals surface area contributed by atoms with E-state index in [9.17, 15) is 9.67 Å². The second-order valence-corrected chi connectivity index (χ2v) is 5.13. The number of rotatable bonds is 2. The molecule has 0 spiro atoms. The standard InChI is InChI=1S/C10H17O2P/c1-7(2)8-4-5-10(3,11)9(6-8)13-12/h8-9,11H,1,4-6H2,2-3H3/t8?,9-,10-/m1/s1. The third kappa shape index (κ3) is 2.38. The minimum atomic E-state index is -0.755. The van der Waals surface area contributed by atoms with E-state index in [-0.39, 0.29) is 14.1 Å². The Balaban J connectivity index is 2.68. The van der Waals surface area contributed by atoms with Crippen LogP contribution in [0.1, 0.15) is 33.1 Å². The van der Waals surface area contributed by atoms with Crippen molar-refractivity contribution in [3.63, 3.8) is 0 Å². The van der Waals surface area contributed by atoms with Gasteiger partial charge in [0.2, 0.25) is 0 Å². The molecule has 0 heterocycles. The molecule has 3 atom stereocenters. The summed E-state index contributed by atoms with van der Waals surface area (Å²) in [6, 6.07) is 0. The molecule has 0 aromatic heterocycles. The van der Waals surface area contributed by atoms with Gasteiger partial charge in [-0.15, -0.1) is 0 Å². The second-order valence-electron chi connectivity index (χ2n) is 4.30. The summed E-state index contributed by atoms with van der Waals surface area (Å²) < 4.78 is 10.9. The topological polar surface area (TPSA) is 37.3 Å². The van der Waals surface area contributed by atoms with Crippen LogP contribution in [0.25, 0.3) is 0 Å². The van der Waals surface area contributed by atoms with Crippen molar-refractivity contribution in [1.82, 2.24) is 0 Å². The van der Waals surface area contributed by atoms with Crippen molar-refractivity contribution < 1.29 is 9.67 Å². The molecule has 1 saturated carbocycles. The maximum absolute atomic E-state index is 10.9. The van der Waals surface area contributed by atoms with Crippen molar-refractivity contribution in [1.29, 1.82) is 0 Å². The third-order valence-corrected chi connectivity index (χ3v) is 4.07. The lowest BCUT2D eigenvalue weighted by atomic mass is 9.77. The van der Waals surface area contributed by atoms with Gasteiger partial charge in [0.05, 0.1) is 11.3 Å². The lowest BCUT2D eigenvalue weighted by Gasteiger charge is -2.37. The molecule has 0 aromatic rings. The summed E-state index contributed by atoms with van der Waals surface area (Å²) in [6.07, 6.45) is 2.49. The molecule has 0 saturated heterocycles. The summed E-state index contributed by atoms with van der Waals surface area (Å²) in [5.74, 6) is 0.437. The van der Waals surface area contributed by atoms with Crippen molar-refractivity contribution in [3.05, 3.63) is 12.2 Å². The van der Waals surface area contributed by atoms with Crippen LogP contribution in [0.4, 0.5) is 0 Å². The van der Waals surface area contributed by atoms with Gasteiger partial charge in [-0.2, -0.15) is 0 Å². The minimum Gasteiger partial charge on any atom is -0.389 e. The average molecular weight is 200 g/mol. The van der Waals surface area contributed by atoms with Crippen LogP contribution >= 0.6 is 8.46 Å². The first-order valence-corrected chi connectivity index (χ1v) is 5.56. The summed E-state index contributed by atoms with van der Waals surface area (Å²) >= 11 is 0. The Labute approximate surface area is 81.2 Å². The van der Waals surface area contributed by atoms with E-state index in [2.05, 4.69) is 6.58 Å². The predicted molar refractivity (Wildman–Crippen MR) is 54.2 cm³/mol. The van der Waals surface area contributed by atoms with Gasteiger partial charge >= 0.3 is 0 Å². The fourth-order valence-electron chi connectivity index (χ4n) is 1.88. The molecule has 0 amide bonds. The molecule has 0 aromatic carbocycles. The van der Waals surface area contributed by atoms with Crippen LogP contribution in [0.5, 0.6) is 0 Å². The summed E-state index contributed by atoms with van der Waals surface area (Å²) in [4.78, 5) is 0. The van der Waals surface area contributed by atoms with E-state index < -0.39 is 5.60 Å². The van der Waals surface area contributed by atoms with E-state index in [0.717, 1.165) is 24.8 Å². The smallest absolute Gasteiger partial charge is 0.161 e. The summed E-state index contributed by atoms with van der Waals surface area (Å²) in [7, 11) is 0.0643. The Bertz CT molecular complexity index is 223. The zero-order valence-electron chi connectivity index (χ0n) is 8.29. The number of hydrogen-bond acceptors (Lipinski definition) is 2. The fourth-order valence-corrected chi connectivity index (χ4v) is 2.58. The summed E-state index contributed by atoms with van der Waals surface area (Å²) in [5, 5.41) is 9.90. The normalized spacial score (nSPS) is 40.5. The molecule has 1 rings (SSSR count). The molecule has 74 valence electrons. The number of hydrogen-bond donors (Lipinski definition) is 1. The predicted octanol–water partition coefficient (Wildman–Crippen LogP) is 2.77. The molecule has 2 nitrogen and oxygen atoms in total. The van der Waals surface area contributed by atoms with Crippen molar-refractivity contribution in [2.24, 2.45) is 5.92 Å². The van der Waals surface area contributed by atoms with Crippen LogP contribution in [-0.2, 0) is 4.57 Å². The van der Waals surface area contributed by atoms with Gasteiger partial charge in [-0.3, -0.25) is 4.57 Å². The van der Waals surface area contributed by atoms with Crippen LogP contribution in [-0.4, -0.2) is 16.4 Å². The molecular weight excluding hydrogens is 183 g/mol. The van der Waals surface area contributed by atoms with E-state index in [1.165, 1.54) is 0 Å². The van der Waals surface area contributed by atoms with Crippen LogP contribution in [0.3, 0.4) is 0 Å². The summed E-state index contributed by atoms with van der Waals surface area (Å²) in [5.41, 5.74) is 0.266. The highest BCUT2D eigenvalue weighted by molar-refractivity contribution is 7.24. The average Bonchev–Trinajstić information content (AvgIpc) is 2.03. The Morgan fingerprint density at radius 1 is 1.69 bits per heavy atom. The second kappa shape index (κ2) is 3.89. The van der Waals surface area contributed by atoms with Crippen molar-refractivity contribution in [2.45, 2.75) is 44.4 Å². The molecule has 1 N–H and O–H groups in total. The Hall–Kier alpha value is -0.200. The van der Waals surface area contributed by atoms with Crippen molar-refractivity contribution in [3.8, 4) is 0 Å². The fraction of sp³-hybridized carbons (Fsp3) is 0.800. The number of aliphatic hydroxyl groups is 1. The van der Waals surface area contributed by atoms with Gasteiger partial charge in [-0.25, -0.2) is 0 Å². The molecule has 0 radical (unpaired) electrons. The van der Waals surface area contributed by atoms with Gasteiger partial charge in [-0.1, -0.05) is 12.2 Å². The molecular formula is C10H17O2P. The van der Waals surface area contributed by atoms with Gasteiger partial charge in [0, 0.05) is 0 Å². The maximum atomic E-state index is 10.9. The zero-order chi connectivity index (χ0) is 10.1. The first-order chi connectivity index (χ1) is 5.97. The number of allylic oxidation sites excluding steroid dienone is 1. The minimum absolute atomic E-state index is 0.0643. The van der Waals surface area contributed by atoms with Crippen molar-refractivity contribution >= 4 is 8.46 Å². The molecule has 0 bridgehead atoms. The largest absolute Gasteiger partial charge is 0.389 e. The first kappa shape index (κ1) is 10.9. The third-order valence-electron chi connectivity index (χ3n) is 3.05. The zero-order valence-corrected chi connectivity index (χ0v) is 9.18. The summed E-state index contributed by atoms with van der Waals surface area (Å²) in [6.45, 7) is 7.69. The van der Waals surface area contributed by atoms with E-state index in [4.69, 9.17) is 0 Å². The van der Waals surface area contributed by atoms with Gasteiger partial charge in [0.25, 0.3) is 0 Å². The van der Waals surface area contributed by atoms with Gasteiger partial charge in [-0.05, 0) is 39.0 Å². The highest BCUT2D eigenvalue weighted by Gasteiger charge is 2.38. The Morgan fingerprint density at radius 3 is 2.77 bits per heavy atom. The van der Waals surface area contributed by atoms with Crippen LogP contribution < -0.4 is 0 Å². The van der Waals surface area contributed by atoms with E-state index >= 15 is 0 Å². The maximum Gasteiger partial charge on any atom is 0.161 e. The quantitative estimate of drug-likeness (QED) is 0.549. The molecule has 3 heteroatoms. The van der Waals surface area contributed by atoms with Crippen molar-refractivity contribution in [2.75, 3.05) is 0 Å². The molecule has 0 aliphatic heterocycles. The molecule has 1 fully saturated rings. The molecule has 1 unspecified atom stereocenters. The Morgan fingerprint density at radius 2 is 2.31 bits per heavy atom. The highest BCUT2D eigenvalue weighted by atomic mass is 31.1. The Kier molecular flexibility index (Phi) is 3.26. The van der Waals surface area contributed by atoms with Crippen LogP contribution in [0.15, 0.2) is 12.2 Å². The lowest BCUT2D eigenvalue weighted by molar-refractivity contribution is 0.0178. The first-order valence-electron chi connectivity index (χ1n) is 4.67. The van der Waals surface area contributed by atoms with Gasteiger partial charge < -0.3 is 5.11 Å². The van der Waals surface area contributed by atoms with Crippen LogP contribution in [0, 0.1) is 5.92 Å². The van der Waals surface area contributed by atoms with E-state index in [1.807, 2.05) is 6.92 Å². The van der Waals surface area contributed by atoms with E-state index in [0.29, 0.717) is 5.92 Å². The monoisotopic (exact) mass is 200 g/mol. The SMILES string of the molecule is C=C(C)C1CC[C@@](C)(O)[C@H](P=O)C1.